The van der Waals surface area contributed by atoms with Gasteiger partial charge in [0.05, 0.1) is 34.2 Å². The molecule has 0 atom stereocenters. The minimum absolute atomic E-state index is 0.160. The van der Waals surface area contributed by atoms with E-state index in [2.05, 4.69) is 25.3 Å². The summed E-state index contributed by atoms with van der Waals surface area (Å²) in [6.45, 7) is -6.09. The number of aryl methyl sites for hydroxylation is 1. The van der Waals surface area contributed by atoms with Crippen LogP contribution in [0.1, 0.15) is 46.4 Å². The van der Waals surface area contributed by atoms with E-state index in [1.165, 1.54) is 24.5 Å². The number of nitrogens with zero attached hydrogens (tertiary/aromatic N) is 5. The third-order valence-electron chi connectivity index (χ3n) is 4.86. The van der Waals surface area contributed by atoms with Crippen LogP contribution in [0.2, 0.25) is 0 Å². The number of hydrogen-bond donors (Lipinski definition) is 2. The third kappa shape index (κ3) is 5.93. The van der Waals surface area contributed by atoms with Crippen molar-refractivity contribution < 1.29 is 37.2 Å². The molecule has 0 aliphatic heterocycles. The molecule has 39 heavy (non-hydrogen) atoms. The molecule has 0 radical (unpaired) electrons. The third-order valence-corrected chi connectivity index (χ3v) is 4.86. The average molecular weight is 544 g/mol. The predicted molar refractivity (Wildman–Crippen MR) is 141 cm³/mol. The lowest BCUT2D eigenvalue weighted by Crippen LogP contribution is -2.14. The van der Waals surface area contributed by atoms with Gasteiger partial charge >= 0.3 is 6.18 Å². The molecule has 5 aromatic rings. The number of hydrogen-bond acceptors (Lipinski definition) is 6. The van der Waals surface area contributed by atoms with Gasteiger partial charge in [-0.1, -0.05) is 6.04 Å². The summed E-state index contributed by atoms with van der Waals surface area (Å²) >= 11 is 0. The van der Waals surface area contributed by atoms with Gasteiger partial charge in [-0.05, 0) is 67.7 Å². The molecule has 1 amide bonds. The number of benzene rings is 2. The molecule has 0 saturated carbocycles. The molecular formula is C28H22F3N7O. The standard InChI is InChI=1S/C28H22F3N7O/c1-17-5-6-19(10-25(17)37-27-33-9-7-24(36-27)20-4-3-8-32-14-20)26(39)35-22-11-21(28(29,30)31)12-23(13-22)38-15-18(2)34-16-38/h3-16H,1-2H3,(H,35,39)(H,33,36,37)/i1D3,2D3,5D,6D,7D,9D,10D,11D,12D,13D. The van der Waals surface area contributed by atoms with E-state index in [1.54, 1.807) is 0 Å². The van der Waals surface area contributed by atoms with E-state index in [0.29, 0.717) is 10.9 Å². The van der Waals surface area contributed by atoms with Crippen LogP contribution in [-0.2, 0) is 6.18 Å². The number of alkyl halides is 3. The van der Waals surface area contributed by atoms with E-state index in [-0.39, 0.29) is 11.3 Å². The first-order valence-electron chi connectivity index (χ1n) is 17.7. The molecule has 8 nitrogen and oxygen atoms in total. The van der Waals surface area contributed by atoms with Crippen molar-refractivity contribution in [1.29, 1.82) is 0 Å². The van der Waals surface area contributed by atoms with Crippen LogP contribution in [0.4, 0.5) is 30.5 Å². The Labute approximate surface area is 241 Å². The van der Waals surface area contributed by atoms with Crippen LogP contribution in [0.3, 0.4) is 0 Å². The summed E-state index contributed by atoms with van der Waals surface area (Å²) in [4.78, 5) is 29.2. The Balaban J connectivity index is 1.70. The number of amides is 1. The monoisotopic (exact) mass is 543 g/mol. The first kappa shape index (κ1) is 13.7. The predicted octanol–water partition coefficient (Wildman–Crippen LogP) is 6.36. The fourth-order valence-electron chi connectivity index (χ4n) is 3.12. The lowest BCUT2D eigenvalue weighted by Gasteiger charge is -2.14. The molecular weight excluding hydrogens is 507 g/mol. The van der Waals surface area contributed by atoms with Gasteiger partial charge in [-0.15, -0.1) is 0 Å². The number of halogens is 3. The summed E-state index contributed by atoms with van der Waals surface area (Å²) in [5.74, 6) is -2.24. The van der Waals surface area contributed by atoms with Crippen molar-refractivity contribution in [2.75, 3.05) is 10.6 Å². The van der Waals surface area contributed by atoms with Gasteiger partial charge in [-0.2, -0.15) is 13.2 Å². The molecule has 0 fully saturated rings. The molecule has 0 bridgehead atoms. The number of anilines is 3. The molecule has 0 aliphatic rings. The maximum absolute atomic E-state index is 14.2. The topological polar surface area (TPSA) is 97.6 Å². The Morgan fingerprint density at radius 2 is 2.00 bits per heavy atom. The molecule has 2 N–H and O–H groups in total. The zero-order chi connectivity index (χ0) is 39.5. The Kier molecular flexibility index (Phi) is 3.63. The molecule has 5 rings (SSSR count). The van der Waals surface area contributed by atoms with E-state index >= 15 is 0 Å². The summed E-state index contributed by atoms with van der Waals surface area (Å²) in [5, 5.41) is 4.24. The van der Waals surface area contributed by atoms with Crippen LogP contribution in [0.25, 0.3) is 16.9 Å². The van der Waals surface area contributed by atoms with Crippen LogP contribution < -0.4 is 10.6 Å². The normalized spacial score (nSPS) is 17.1. The second-order valence-electron chi connectivity index (χ2n) is 7.59. The highest BCUT2D eigenvalue weighted by molar-refractivity contribution is 6.05. The lowest BCUT2D eigenvalue weighted by atomic mass is 10.1. The fraction of sp³-hybridized carbons (Fsp3) is 0.107. The van der Waals surface area contributed by atoms with Crippen molar-refractivity contribution in [3.8, 4) is 16.9 Å². The van der Waals surface area contributed by atoms with Gasteiger partial charge < -0.3 is 15.2 Å². The van der Waals surface area contributed by atoms with Crippen molar-refractivity contribution in [2.45, 2.75) is 19.9 Å². The van der Waals surface area contributed by atoms with Crippen LogP contribution in [-0.4, -0.2) is 30.4 Å². The molecule has 196 valence electrons. The zero-order valence-electron chi connectivity index (χ0n) is 33.2. The smallest absolute Gasteiger partial charge is 0.324 e. The van der Waals surface area contributed by atoms with Crippen molar-refractivity contribution in [2.24, 2.45) is 0 Å². The highest BCUT2D eigenvalue weighted by Crippen LogP contribution is 2.33. The minimum Gasteiger partial charge on any atom is -0.324 e. The maximum Gasteiger partial charge on any atom is 0.416 e. The number of rotatable bonds is 6. The molecule has 2 aromatic carbocycles. The number of imidazole rings is 1. The number of pyridine rings is 1. The van der Waals surface area contributed by atoms with Crippen molar-refractivity contribution >= 4 is 23.2 Å². The Morgan fingerprint density at radius 1 is 1.10 bits per heavy atom. The Morgan fingerprint density at radius 3 is 2.74 bits per heavy atom. The van der Waals surface area contributed by atoms with E-state index in [0.717, 1.165) is 6.20 Å². The fourth-order valence-corrected chi connectivity index (χ4v) is 3.12. The van der Waals surface area contributed by atoms with Gasteiger partial charge in [0.1, 0.15) is 0 Å². The van der Waals surface area contributed by atoms with Crippen LogP contribution >= 0.6 is 0 Å². The number of aromatic nitrogens is 5. The van der Waals surface area contributed by atoms with Crippen LogP contribution in [0, 0.1) is 13.7 Å². The van der Waals surface area contributed by atoms with Crippen LogP contribution in [0.15, 0.2) is 85.5 Å². The van der Waals surface area contributed by atoms with E-state index in [1.807, 2.05) is 5.32 Å². The summed E-state index contributed by atoms with van der Waals surface area (Å²) < 4.78 is 157. The van der Waals surface area contributed by atoms with E-state index in [4.69, 9.17) is 19.2 Å². The Bertz CT molecular complexity index is 2280. The summed E-state index contributed by atoms with van der Waals surface area (Å²) in [7, 11) is 0. The van der Waals surface area contributed by atoms with Crippen molar-refractivity contribution in [3.05, 3.63) is 108 Å². The number of carbonyl (C=O) groups excluding carboxylic acids is 1. The first-order chi connectivity index (χ1) is 24.4. The molecule has 3 aromatic heterocycles. The molecule has 11 heteroatoms. The molecule has 3 heterocycles. The van der Waals surface area contributed by atoms with Crippen molar-refractivity contribution in [3.63, 3.8) is 0 Å². The number of carbonyl (C=O) groups is 1. The minimum atomic E-state index is -5.43. The van der Waals surface area contributed by atoms with Crippen LogP contribution in [0.5, 0.6) is 0 Å². The molecule has 0 unspecified atom stereocenters. The summed E-state index contributed by atoms with van der Waals surface area (Å²) in [5.41, 5.74) is -7.59. The zero-order valence-corrected chi connectivity index (χ0v) is 19.2. The largest absolute Gasteiger partial charge is 0.416 e. The molecule has 0 aliphatic carbocycles. The highest BCUT2D eigenvalue weighted by Gasteiger charge is 2.31. The van der Waals surface area contributed by atoms with E-state index in [9.17, 15) is 18.0 Å². The average Bonchev–Trinajstić information content (AvgIpc) is 3.53. The van der Waals surface area contributed by atoms with Gasteiger partial charge in [0.2, 0.25) is 5.95 Å². The quantitative estimate of drug-likeness (QED) is 0.259. The SMILES string of the molecule is [2H]c1nc(Nc2c([2H])c(C(=O)Nc3c([2H])c(-n4cnc(C([2H])([2H])[2H])c4)c([2H])c(C(F)(F)F)c3[2H])c([2H])c([2H])c2C([2H])([2H])[2H])nc(-c2cccnc2)c1[2H]. The van der Waals surface area contributed by atoms with E-state index < -0.39 is 120 Å². The molecule has 0 saturated heterocycles. The number of nitrogens with one attached hydrogen (secondary N) is 2. The lowest BCUT2D eigenvalue weighted by molar-refractivity contribution is -0.137. The van der Waals surface area contributed by atoms with Gasteiger partial charge in [-0.3, -0.25) is 9.78 Å². The van der Waals surface area contributed by atoms with Gasteiger partial charge in [0, 0.05) is 61.2 Å². The second-order valence-corrected chi connectivity index (χ2v) is 7.59. The van der Waals surface area contributed by atoms with Crippen molar-refractivity contribution in [1.82, 2.24) is 24.5 Å². The molecule has 0 spiro atoms. The second kappa shape index (κ2) is 10.4. The van der Waals surface area contributed by atoms with Gasteiger partial charge in [-0.25, -0.2) is 15.0 Å². The van der Waals surface area contributed by atoms with Gasteiger partial charge in [0.15, 0.2) is 0 Å². The Hall–Kier alpha value is -5.06. The first-order valence-corrected chi connectivity index (χ1v) is 10.7. The summed E-state index contributed by atoms with van der Waals surface area (Å²) in [6, 6.07) is -5.06. The van der Waals surface area contributed by atoms with Gasteiger partial charge in [0.25, 0.3) is 5.91 Å². The maximum atomic E-state index is 14.2. The highest BCUT2D eigenvalue weighted by atomic mass is 19.4. The summed E-state index contributed by atoms with van der Waals surface area (Å²) in [6.07, 6.45) is -1.95.